The number of carbonyl (C=O) groups excluding carboxylic acids is 1. The van der Waals surface area contributed by atoms with Gasteiger partial charge in [-0.3, -0.25) is 4.79 Å². The molecule has 4 nitrogen and oxygen atoms in total. The predicted molar refractivity (Wildman–Crippen MR) is 75.9 cm³/mol. The van der Waals surface area contributed by atoms with Gasteiger partial charge in [-0.2, -0.15) is 0 Å². The van der Waals surface area contributed by atoms with Crippen molar-refractivity contribution >= 4 is 16.9 Å². The van der Waals surface area contributed by atoms with Crippen LogP contribution in [-0.2, 0) is 9.53 Å². The molecule has 102 valence electrons. The molecule has 1 heterocycles. The number of rotatable bonds is 5. The van der Waals surface area contributed by atoms with E-state index in [-0.39, 0.29) is 17.9 Å². The fourth-order valence-electron chi connectivity index (χ4n) is 2.61. The van der Waals surface area contributed by atoms with Gasteiger partial charge in [-0.1, -0.05) is 25.1 Å². The minimum absolute atomic E-state index is 0.0476. The van der Waals surface area contributed by atoms with Crippen LogP contribution in [-0.4, -0.2) is 25.1 Å². The van der Waals surface area contributed by atoms with Gasteiger partial charge in [0, 0.05) is 23.1 Å². The van der Waals surface area contributed by atoms with Crippen molar-refractivity contribution in [2.75, 3.05) is 14.2 Å². The maximum atomic E-state index is 11.9. The zero-order valence-electron chi connectivity index (χ0n) is 11.6. The van der Waals surface area contributed by atoms with Crippen LogP contribution in [0.2, 0.25) is 0 Å². The number of hydrogen-bond donors (Lipinski definition) is 2. The Morgan fingerprint density at radius 2 is 2.16 bits per heavy atom. The van der Waals surface area contributed by atoms with Crippen LogP contribution in [0.3, 0.4) is 0 Å². The first-order chi connectivity index (χ1) is 9.22. The number of benzene rings is 1. The molecule has 0 radical (unpaired) electrons. The van der Waals surface area contributed by atoms with Gasteiger partial charge in [0.1, 0.15) is 0 Å². The van der Waals surface area contributed by atoms with Crippen molar-refractivity contribution < 1.29 is 9.53 Å². The van der Waals surface area contributed by atoms with Gasteiger partial charge in [0.2, 0.25) is 0 Å². The van der Waals surface area contributed by atoms with Gasteiger partial charge in [0.25, 0.3) is 0 Å². The lowest BCUT2D eigenvalue weighted by molar-refractivity contribution is -0.146. The molecule has 0 aliphatic rings. The molecule has 0 saturated heterocycles. The summed E-state index contributed by atoms with van der Waals surface area (Å²) < 4.78 is 4.91. The molecule has 4 heteroatoms. The van der Waals surface area contributed by atoms with Crippen LogP contribution in [0.5, 0.6) is 0 Å². The molecule has 0 amide bonds. The molecule has 0 spiro atoms. The van der Waals surface area contributed by atoms with E-state index in [1.807, 2.05) is 38.4 Å². The maximum Gasteiger partial charge on any atom is 0.310 e. The summed E-state index contributed by atoms with van der Waals surface area (Å²) in [6, 6.07) is 8.05. The van der Waals surface area contributed by atoms with Crippen molar-refractivity contribution in [2.45, 2.75) is 19.4 Å². The first-order valence-electron chi connectivity index (χ1n) is 6.54. The largest absolute Gasteiger partial charge is 0.469 e. The van der Waals surface area contributed by atoms with Crippen molar-refractivity contribution in [3.63, 3.8) is 0 Å². The van der Waals surface area contributed by atoms with E-state index in [9.17, 15) is 4.79 Å². The summed E-state index contributed by atoms with van der Waals surface area (Å²) in [5.74, 6) is -0.360. The Kier molecular flexibility index (Phi) is 4.22. The zero-order chi connectivity index (χ0) is 13.8. The molecule has 0 saturated carbocycles. The number of nitrogens with one attached hydrogen (secondary N) is 2. The highest BCUT2D eigenvalue weighted by Gasteiger charge is 2.29. The van der Waals surface area contributed by atoms with Gasteiger partial charge in [0.15, 0.2) is 0 Å². The molecular formula is C15H20N2O2. The fourth-order valence-corrected chi connectivity index (χ4v) is 2.61. The molecule has 0 aliphatic heterocycles. The van der Waals surface area contributed by atoms with E-state index in [0.29, 0.717) is 0 Å². The molecule has 2 aromatic rings. The number of carbonyl (C=O) groups is 1. The molecular weight excluding hydrogens is 240 g/mol. The lowest BCUT2D eigenvalue weighted by Crippen LogP contribution is -2.31. The van der Waals surface area contributed by atoms with Gasteiger partial charge in [-0.15, -0.1) is 0 Å². The lowest BCUT2D eigenvalue weighted by atomic mass is 9.91. The van der Waals surface area contributed by atoms with Crippen molar-refractivity contribution in [1.82, 2.24) is 10.3 Å². The Hall–Kier alpha value is -1.81. The summed E-state index contributed by atoms with van der Waals surface area (Å²) in [5.41, 5.74) is 2.19. The van der Waals surface area contributed by atoms with Crippen LogP contribution >= 0.6 is 0 Å². The quantitative estimate of drug-likeness (QED) is 0.813. The van der Waals surface area contributed by atoms with Crippen molar-refractivity contribution in [2.24, 2.45) is 5.92 Å². The number of fused-ring (bicyclic) bond motifs is 1. The van der Waals surface area contributed by atoms with Gasteiger partial charge >= 0.3 is 5.97 Å². The van der Waals surface area contributed by atoms with Gasteiger partial charge < -0.3 is 15.0 Å². The first-order valence-corrected chi connectivity index (χ1v) is 6.54. The molecule has 2 N–H and O–H groups in total. The second kappa shape index (κ2) is 5.89. The summed E-state index contributed by atoms with van der Waals surface area (Å²) >= 11 is 0. The monoisotopic (exact) mass is 260 g/mol. The van der Waals surface area contributed by atoms with E-state index in [1.54, 1.807) is 0 Å². The maximum absolute atomic E-state index is 11.9. The van der Waals surface area contributed by atoms with Crippen molar-refractivity contribution in [1.29, 1.82) is 0 Å². The van der Waals surface area contributed by atoms with Crippen molar-refractivity contribution in [3.8, 4) is 0 Å². The van der Waals surface area contributed by atoms with E-state index >= 15 is 0 Å². The summed E-state index contributed by atoms with van der Waals surface area (Å²) in [6.07, 6.45) is 2.70. The third-order valence-corrected chi connectivity index (χ3v) is 3.61. The molecule has 1 aromatic carbocycles. The van der Waals surface area contributed by atoms with Crippen LogP contribution in [0, 0.1) is 5.92 Å². The van der Waals surface area contributed by atoms with E-state index in [4.69, 9.17) is 4.74 Å². The van der Waals surface area contributed by atoms with Crippen LogP contribution < -0.4 is 5.32 Å². The summed E-state index contributed by atoms with van der Waals surface area (Å²) in [4.78, 5) is 15.1. The number of H-pyrrole nitrogens is 1. The summed E-state index contributed by atoms with van der Waals surface area (Å²) in [7, 11) is 3.31. The summed E-state index contributed by atoms with van der Waals surface area (Å²) in [6.45, 7) is 2.00. The van der Waals surface area contributed by atoms with E-state index in [1.165, 1.54) is 7.11 Å². The van der Waals surface area contributed by atoms with E-state index in [2.05, 4.69) is 16.4 Å². The van der Waals surface area contributed by atoms with E-state index < -0.39 is 0 Å². The average molecular weight is 260 g/mol. The first kappa shape index (κ1) is 13.6. The topological polar surface area (TPSA) is 54.1 Å². The molecule has 0 aliphatic carbocycles. The zero-order valence-corrected chi connectivity index (χ0v) is 11.6. The Morgan fingerprint density at radius 3 is 2.79 bits per heavy atom. The third-order valence-electron chi connectivity index (χ3n) is 3.61. The average Bonchev–Trinajstić information content (AvgIpc) is 2.87. The normalized spacial score (nSPS) is 14.3. The van der Waals surface area contributed by atoms with Crippen LogP contribution in [0.25, 0.3) is 10.9 Å². The van der Waals surface area contributed by atoms with Crippen molar-refractivity contribution in [3.05, 3.63) is 36.0 Å². The SMILES string of the molecule is CCC(C(=O)OC)C(NC)c1c[nH]c2ccccc12. The number of para-hydroxylation sites is 1. The number of aromatic amines is 1. The number of hydrogen-bond acceptors (Lipinski definition) is 3. The second-order valence-corrected chi connectivity index (χ2v) is 4.59. The smallest absolute Gasteiger partial charge is 0.310 e. The van der Waals surface area contributed by atoms with Crippen LogP contribution in [0.4, 0.5) is 0 Å². The Bertz CT molecular complexity index is 562. The third kappa shape index (κ3) is 2.49. The van der Waals surface area contributed by atoms with Crippen LogP contribution in [0.1, 0.15) is 24.9 Å². The molecule has 2 rings (SSSR count). The molecule has 2 atom stereocenters. The minimum atomic E-state index is -0.186. The highest BCUT2D eigenvalue weighted by atomic mass is 16.5. The number of ether oxygens (including phenoxy) is 1. The number of aromatic nitrogens is 1. The Morgan fingerprint density at radius 1 is 1.42 bits per heavy atom. The highest BCUT2D eigenvalue weighted by Crippen LogP contribution is 2.31. The highest BCUT2D eigenvalue weighted by molar-refractivity contribution is 5.84. The van der Waals surface area contributed by atoms with E-state index in [0.717, 1.165) is 22.9 Å². The number of esters is 1. The number of methoxy groups -OCH3 is 1. The second-order valence-electron chi connectivity index (χ2n) is 4.59. The van der Waals surface area contributed by atoms with Gasteiger partial charge in [0.05, 0.1) is 13.0 Å². The summed E-state index contributed by atoms with van der Waals surface area (Å²) in [5, 5.41) is 4.38. The Balaban J connectivity index is 2.43. The lowest BCUT2D eigenvalue weighted by Gasteiger charge is -2.23. The van der Waals surface area contributed by atoms with Gasteiger partial charge in [-0.25, -0.2) is 0 Å². The molecule has 1 aromatic heterocycles. The van der Waals surface area contributed by atoms with Gasteiger partial charge in [-0.05, 0) is 25.1 Å². The molecule has 0 fully saturated rings. The van der Waals surface area contributed by atoms with Crippen LogP contribution in [0.15, 0.2) is 30.5 Å². The molecule has 0 bridgehead atoms. The standard InChI is InChI=1S/C15H20N2O2/c1-4-10(15(18)19-3)14(16-2)12-9-17-13-8-6-5-7-11(12)13/h5-10,14,16-17H,4H2,1-3H3. The molecule has 2 unspecified atom stereocenters. The minimum Gasteiger partial charge on any atom is -0.469 e. The molecule has 19 heavy (non-hydrogen) atoms. The fraction of sp³-hybridized carbons (Fsp3) is 0.400. The Labute approximate surface area is 113 Å². The predicted octanol–water partition coefficient (Wildman–Crippen LogP) is 2.63.